The van der Waals surface area contributed by atoms with Gasteiger partial charge in [-0.15, -0.1) is 0 Å². The van der Waals surface area contributed by atoms with Crippen molar-refractivity contribution in [1.82, 2.24) is 9.97 Å². The zero-order chi connectivity index (χ0) is 12.4. The average Bonchev–Trinajstić information content (AvgIpc) is 2.29. The van der Waals surface area contributed by atoms with Crippen molar-refractivity contribution in [3.8, 4) is 11.3 Å². The summed E-state index contributed by atoms with van der Waals surface area (Å²) in [5.41, 5.74) is 8.29. The fraction of sp³-hybridized carbons (Fsp3) is 0.167. The molecule has 2 heterocycles. The molecule has 17 heavy (non-hydrogen) atoms. The van der Waals surface area contributed by atoms with Crippen molar-refractivity contribution in [2.75, 3.05) is 24.7 Å². The van der Waals surface area contributed by atoms with Gasteiger partial charge in [0.25, 0.3) is 0 Å². The van der Waals surface area contributed by atoms with Gasteiger partial charge in [-0.05, 0) is 34.1 Å². The Morgan fingerprint density at radius 2 is 2.12 bits per heavy atom. The first-order valence-corrected chi connectivity index (χ1v) is 5.92. The summed E-state index contributed by atoms with van der Waals surface area (Å²) in [5, 5.41) is 0. The minimum absolute atomic E-state index is 0.635. The number of nitrogen functional groups attached to an aromatic ring is 1. The van der Waals surface area contributed by atoms with E-state index in [1.54, 1.807) is 12.4 Å². The van der Waals surface area contributed by atoms with Crippen LogP contribution >= 0.6 is 15.9 Å². The molecule has 2 aromatic heterocycles. The number of halogens is 1. The molecule has 0 aliphatic heterocycles. The number of hydrogen-bond acceptors (Lipinski definition) is 4. The number of aromatic nitrogens is 2. The Bertz CT molecular complexity index is 526. The van der Waals surface area contributed by atoms with E-state index in [9.17, 15) is 0 Å². The van der Waals surface area contributed by atoms with Gasteiger partial charge in [-0.3, -0.25) is 4.98 Å². The van der Waals surface area contributed by atoms with E-state index in [1.165, 1.54) is 0 Å². The van der Waals surface area contributed by atoms with Crippen LogP contribution < -0.4 is 10.6 Å². The maximum Gasteiger partial charge on any atom is 0.143 e. The van der Waals surface area contributed by atoms with Gasteiger partial charge < -0.3 is 10.6 Å². The van der Waals surface area contributed by atoms with Crippen molar-refractivity contribution in [3.05, 3.63) is 35.1 Å². The molecule has 2 aromatic rings. The third-order valence-corrected chi connectivity index (χ3v) is 2.93. The molecular weight excluding hydrogens is 280 g/mol. The molecule has 0 unspecified atom stereocenters. The highest BCUT2D eigenvalue weighted by molar-refractivity contribution is 9.10. The summed E-state index contributed by atoms with van der Waals surface area (Å²) >= 11 is 3.45. The molecule has 2 N–H and O–H groups in total. The van der Waals surface area contributed by atoms with Gasteiger partial charge in [-0.25, -0.2) is 4.98 Å². The molecule has 0 amide bonds. The SMILES string of the molecule is CN(C)c1nc(-c2cccnc2)c(N)cc1Br. The standard InChI is InChI=1S/C12H13BrN4/c1-17(2)12-9(13)6-10(14)11(16-12)8-4-3-5-15-7-8/h3-7H,14H2,1-2H3. The number of hydrogen-bond donors (Lipinski definition) is 1. The van der Waals surface area contributed by atoms with Crippen LogP contribution in [0.5, 0.6) is 0 Å². The highest BCUT2D eigenvalue weighted by Gasteiger charge is 2.11. The van der Waals surface area contributed by atoms with Crippen molar-refractivity contribution < 1.29 is 0 Å². The second kappa shape index (κ2) is 4.71. The van der Waals surface area contributed by atoms with Crippen LogP contribution in [0.15, 0.2) is 35.1 Å². The van der Waals surface area contributed by atoms with Gasteiger partial charge >= 0.3 is 0 Å². The second-order valence-corrected chi connectivity index (χ2v) is 4.72. The summed E-state index contributed by atoms with van der Waals surface area (Å²) < 4.78 is 0.882. The van der Waals surface area contributed by atoms with Gasteiger partial charge in [0.05, 0.1) is 15.9 Å². The van der Waals surface area contributed by atoms with E-state index < -0.39 is 0 Å². The highest BCUT2D eigenvalue weighted by Crippen LogP contribution is 2.31. The maximum atomic E-state index is 5.98. The summed E-state index contributed by atoms with van der Waals surface area (Å²) in [5.74, 6) is 0.845. The van der Waals surface area contributed by atoms with E-state index in [1.807, 2.05) is 37.2 Å². The van der Waals surface area contributed by atoms with Crippen LogP contribution in [0.2, 0.25) is 0 Å². The highest BCUT2D eigenvalue weighted by atomic mass is 79.9. The number of nitrogens with zero attached hydrogens (tertiary/aromatic N) is 3. The van der Waals surface area contributed by atoms with Crippen molar-refractivity contribution in [2.24, 2.45) is 0 Å². The smallest absolute Gasteiger partial charge is 0.143 e. The van der Waals surface area contributed by atoms with Crippen LogP contribution in [-0.2, 0) is 0 Å². The molecule has 5 heteroatoms. The number of rotatable bonds is 2. The molecule has 88 valence electrons. The van der Waals surface area contributed by atoms with Crippen molar-refractivity contribution in [3.63, 3.8) is 0 Å². The Morgan fingerprint density at radius 3 is 2.71 bits per heavy atom. The van der Waals surface area contributed by atoms with Crippen LogP contribution in [0, 0.1) is 0 Å². The number of nitrogens with two attached hydrogens (primary N) is 1. The Kier molecular flexibility index (Phi) is 3.28. The first-order chi connectivity index (χ1) is 8.09. The summed E-state index contributed by atoms with van der Waals surface area (Å²) in [4.78, 5) is 10.6. The zero-order valence-corrected chi connectivity index (χ0v) is 11.3. The fourth-order valence-corrected chi connectivity index (χ4v) is 2.23. The minimum Gasteiger partial charge on any atom is -0.397 e. The summed E-state index contributed by atoms with van der Waals surface area (Å²) in [6, 6.07) is 5.68. The molecular formula is C12H13BrN4. The second-order valence-electron chi connectivity index (χ2n) is 3.87. The van der Waals surface area contributed by atoms with E-state index in [-0.39, 0.29) is 0 Å². The van der Waals surface area contributed by atoms with E-state index >= 15 is 0 Å². The Labute approximate surface area is 109 Å². The zero-order valence-electron chi connectivity index (χ0n) is 9.68. The summed E-state index contributed by atoms with van der Waals surface area (Å²) in [6.45, 7) is 0. The van der Waals surface area contributed by atoms with Crippen LogP contribution in [0.25, 0.3) is 11.3 Å². The fourth-order valence-electron chi connectivity index (χ4n) is 1.54. The molecule has 0 saturated heterocycles. The van der Waals surface area contributed by atoms with Crippen molar-refractivity contribution in [1.29, 1.82) is 0 Å². The summed E-state index contributed by atoms with van der Waals surface area (Å²) in [7, 11) is 3.88. The Balaban J connectivity index is 2.59. The summed E-state index contributed by atoms with van der Waals surface area (Å²) in [6.07, 6.45) is 3.48. The molecule has 0 spiro atoms. The van der Waals surface area contributed by atoms with Crippen LogP contribution in [0.1, 0.15) is 0 Å². The molecule has 0 bridgehead atoms. The minimum atomic E-state index is 0.635. The van der Waals surface area contributed by atoms with Crippen molar-refractivity contribution >= 4 is 27.4 Å². The molecule has 0 fully saturated rings. The molecule has 0 saturated carbocycles. The van der Waals surface area contributed by atoms with Crippen molar-refractivity contribution in [2.45, 2.75) is 0 Å². The van der Waals surface area contributed by atoms with E-state index in [0.717, 1.165) is 21.5 Å². The average molecular weight is 293 g/mol. The van der Waals surface area contributed by atoms with Gasteiger partial charge in [0.1, 0.15) is 5.82 Å². The lowest BCUT2D eigenvalue weighted by Gasteiger charge is -2.16. The quantitative estimate of drug-likeness (QED) is 0.924. The molecule has 0 aliphatic carbocycles. The third-order valence-electron chi connectivity index (χ3n) is 2.35. The van der Waals surface area contributed by atoms with E-state index in [2.05, 4.69) is 25.9 Å². The predicted molar refractivity (Wildman–Crippen MR) is 73.9 cm³/mol. The first kappa shape index (κ1) is 11.9. The largest absolute Gasteiger partial charge is 0.397 e. The molecule has 0 aliphatic rings. The number of anilines is 2. The normalized spacial score (nSPS) is 10.3. The van der Waals surface area contributed by atoms with Gasteiger partial charge in [0.2, 0.25) is 0 Å². The number of pyridine rings is 2. The lowest BCUT2D eigenvalue weighted by Crippen LogP contribution is -2.12. The van der Waals surface area contributed by atoms with E-state index in [0.29, 0.717) is 5.69 Å². The van der Waals surface area contributed by atoms with Crippen LogP contribution in [-0.4, -0.2) is 24.1 Å². The Hall–Kier alpha value is -1.62. The molecule has 0 radical (unpaired) electrons. The monoisotopic (exact) mass is 292 g/mol. The third kappa shape index (κ3) is 2.39. The maximum absolute atomic E-state index is 5.98. The predicted octanol–water partition coefficient (Wildman–Crippen LogP) is 2.55. The lowest BCUT2D eigenvalue weighted by molar-refractivity contribution is 1.06. The Morgan fingerprint density at radius 1 is 1.35 bits per heavy atom. The van der Waals surface area contributed by atoms with Gasteiger partial charge in [0, 0.05) is 32.1 Å². The van der Waals surface area contributed by atoms with E-state index in [4.69, 9.17) is 5.73 Å². The van der Waals surface area contributed by atoms with Gasteiger partial charge in [-0.1, -0.05) is 0 Å². The van der Waals surface area contributed by atoms with Crippen LogP contribution in [0.3, 0.4) is 0 Å². The molecule has 0 aromatic carbocycles. The first-order valence-electron chi connectivity index (χ1n) is 5.13. The van der Waals surface area contributed by atoms with Crippen LogP contribution in [0.4, 0.5) is 11.5 Å². The topological polar surface area (TPSA) is 55.0 Å². The van der Waals surface area contributed by atoms with Gasteiger partial charge in [0.15, 0.2) is 0 Å². The molecule has 0 atom stereocenters. The molecule has 2 rings (SSSR count). The molecule has 4 nitrogen and oxygen atoms in total. The lowest BCUT2D eigenvalue weighted by atomic mass is 10.1. The van der Waals surface area contributed by atoms with Gasteiger partial charge in [-0.2, -0.15) is 0 Å².